The van der Waals surface area contributed by atoms with Crippen LogP contribution in [0.3, 0.4) is 0 Å². The minimum atomic E-state index is -0.657. The summed E-state index contributed by atoms with van der Waals surface area (Å²) in [6.07, 6.45) is 1.19. The molecule has 5 heteroatoms. The highest BCUT2D eigenvalue weighted by molar-refractivity contribution is 5.44. The second-order valence-corrected chi connectivity index (χ2v) is 5.53. The van der Waals surface area contributed by atoms with Gasteiger partial charge in [-0.2, -0.15) is 0 Å². The Morgan fingerprint density at radius 3 is 2.90 bits per heavy atom. The Morgan fingerprint density at radius 1 is 1.33 bits per heavy atom. The zero-order valence-corrected chi connectivity index (χ0v) is 12.7. The highest BCUT2D eigenvalue weighted by Crippen LogP contribution is 2.35. The average Bonchev–Trinajstić information content (AvgIpc) is 2.85. The number of hydrogen-bond acceptors (Lipinski definition) is 5. The van der Waals surface area contributed by atoms with Crippen molar-refractivity contribution in [2.75, 3.05) is 26.9 Å². The van der Waals surface area contributed by atoms with Gasteiger partial charge in [-0.15, -0.1) is 0 Å². The van der Waals surface area contributed by atoms with E-state index in [0.29, 0.717) is 6.61 Å². The number of hydrogen-bond donors (Lipinski definition) is 2. The van der Waals surface area contributed by atoms with Gasteiger partial charge in [-0.1, -0.05) is 12.1 Å². The smallest absolute Gasteiger partial charge is 0.122 e. The van der Waals surface area contributed by atoms with Gasteiger partial charge in [0.15, 0.2) is 0 Å². The molecule has 5 nitrogen and oxygen atoms in total. The third-order valence-corrected chi connectivity index (χ3v) is 3.68. The summed E-state index contributed by atoms with van der Waals surface area (Å²) in [4.78, 5) is 0. The lowest BCUT2D eigenvalue weighted by molar-refractivity contribution is -0.0423. The minimum Gasteiger partial charge on any atom is -0.491 e. The molecule has 0 saturated carbocycles. The summed E-state index contributed by atoms with van der Waals surface area (Å²) in [6.45, 7) is 2.87. The Labute approximate surface area is 126 Å². The van der Waals surface area contributed by atoms with E-state index in [1.807, 2.05) is 25.1 Å². The second kappa shape index (κ2) is 7.75. The average molecular weight is 295 g/mol. The van der Waals surface area contributed by atoms with Crippen LogP contribution in [0.5, 0.6) is 5.75 Å². The predicted octanol–water partition coefficient (Wildman–Crippen LogP) is 1.42. The summed E-state index contributed by atoms with van der Waals surface area (Å²) < 4.78 is 16.2. The molecule has 1 aromatic carbocycles. The summed E-state index contributed by atoms with van der Waals surface area (Å²) in [5.74, 6) is 0.824. The largest absolute Gasteiger partial charge is 0.491 e. The number of nitrogens with two attached hydrogens (primary N) is 1. The molecule has 0 amide bonds. The Bertz CT molecular complexity index is 452. The first-order chi connectivity index (χ1) is 10.1. The first kappa shape index (κ1) is 16.2. The van der Waals surface area contributed by atoms with Crippen LogP contribution in [0.2, 0.25) is 0 Å². The second-order valence-electron chi connectivity index (χ2n) is 5.53. The molecule has 3 N–H and O–H groups in total. The summed E-state index contributed by atoms with van der Waals surface area (Å²) in [6, 6.07) is 6.03. The van der Waals surface area contributed by atoms with E-state index in [1.165, 1.54) is 5.56 Å². The summed E-state index contributed by atoms with van der Waals surface area (Å²) in [5, 5.41) is 9.91. The number of fused-ring (bicyclic) bond motifs is 1. The zero-order valence-electron chi connectivity index (χ0n) is 12.7. The fourth-order valence-corrected chi connectivity index (χ4v) is 2.58. The van der Waals surface area contributed by atoms with Crippen LogP contribution in [0.15, 0.2) is 18.2 Å². The zero-order chi connectivity index (χ0) is 15.2. The molecule has 1 aromatic rings. The molecule has 21 heavy (non-hydrogen) atoms. The van der Waals surface area contributed by atoms with Crippen LogP contribution in [0.4, 0.5) is 0 Å². The van der Waals surface area contributed by atoms with Crippen molar-refractivity contribution >= 4 is 0 Å². The molecule has 3 unspecified atom stereocenters. The van der Waals surface area contributed by atoms with Gasteiger partial charge in [0, 0.05) is 13.2 Å². The van der Waals surface area contributed by atoms with Crippen LogP contribution >= 0.6 is 0 Å². The van der Waals surface area contributed by atoms with E-state index >= 15 is 0 Å². The summed E-state index contributed by atoms with van der Waals surface area (Å²) >= 11 is 0. The molecule has 0 heterocycles. The quantitative estimate of drug-likeness (QED) is 0.759. The summed E-state index contributed by atoms with van der Waals surface area (Å²) in [5.41, 5.74) is 8.38. The first-order valence-corrected chi connectivity index (χ1v) is 7.40. The van der Waals surface area contributed by atoms with E-state index in [9.17, 15) is 5.11 Å². The van der Waals surface area contributed by atoms with Gasteiger partial charge in [-0.25, -0.2) is 0 Å². The molecule has 0 aliphatic heterocycles. The molecule has 0 spiro atoms. The van der Waals surface area contributed by atoms with Crippen LogP contribution in [0.25, 0.3) is 0 Å². The standard InChI is InChI=1S/C16H25NO4/c1-11(8-19-2)20-9-12(18)10-21-16-5-3-4-13-14(16)6-7-15(13)17/h3-5,11-12,15,18H,6-10,17H2,1-2H3. The van der Waals surface area contributed by atoms with Crippen molar-refractivity contribution in [2.24, 2.45) is 5.73 Å². The molecule has 0 saturated heterocycles. The predicted molar refractivity (Wildman–Crippen MR) is 80.5 cm³/mol. The number of benzene rings is 1. The van der Waals surface area contributed by atoms with Gasteiger partial charge in [0.1, 0.15) is 18.5 Å². The lowest BCUT2D eigenvalue weighted by atomic mass is 10.1. The van der Waals surface area contributed by atoms with E-state index in [-0.39, 0.29) is 25.4 Å². The van der Waals surface area contributed by atoms with Gasteiger partial charge in [0.05, 0.1) is 19.3 Å². The van der Waals surface area contributed by atoms with Gasteiger partial charge in [0.2, 0.25) is 0 Å². The fourth-order valence-electron chi connectivity index (χ4n) is 2.58. The molecule has 2 rings (SSSR count). The lowest BCUT2D eigenvalue weighted by Crippen LogP contribution is -2.27. The molecule has 0 fully saturated rings. The molecular formula is C16H25NO4. The van der Waals surface area contributed by atoms with Crippen molar-refractivity contribution in [1.29, 1.82) is 0 Å². The van der Waals surface area contributed by atoms with Crippen LogP contribution in [0.1, 0.15) is 30.5 Å². The van der Waals surface area contributed by atoms with Crippen LogP contribution in [0, 0.1) is 0 Å². The number of rotatable bonds is 8. The molecule has 0 aromatic heterocycles. The van der Waals surface area contributed by atoms with Gasteiger partial charge in [-0.05, 0) is 37.0 Å². The van der Waals surface area contributed by atoms with Crippen molar-refractivity contribution in [1.82, 2.24) is 0 Å². The van der Waals surface area contributed by atoms with Crippen molar-refractivity contribution in [3.05, 3.63) is 29.3 Å². The normalized spacial score (nSPS) is 20.1. The van der Waals surface area contributed by atoms with Gasteiger partial charge < -0.3 is 25.1 Å². The fraction of sp³-hybridized carbons (Fsp3) is 0.625. The van der Waals surface area contributed by atoms with Crippen molar-refractivity contribution in [3.63, 3.8) is 0 Å². The lowest BCUT2D eigenvalue weighted by Gasteiger charge is -2.17. The van der Waals surface area contributed by atoms with Crippen molar-refractivity contribution in [3.8, 4) is 5.75 Å². The Hall–Kier alpha value is -1.14. The number of methoxy groups -OCH3 is 1. The van der Waals surface area contributed by atoms with Crippen LogP contribution < -0.4 is 10.5 Å². The molecule has 1 aliphatic rings. The van der Waals surface area contributed by atoms with Crippen molar-refractivity contribution < 1.29 is 19.3 Å². The van der Waals surface area contributed by atoms with E-state index in [2.05, 4.69) is 0 Å². The first-order valence-electron chi connectivity index (χ1n) is 7.40. The number of aliphatic hydroxyl groups is 1. The molecular weight excluding hydrogens is 270 g/mol. The highest BCUT2D eigenvalue weighted by Gasteiger charge is 2.22. The molecule has 118 valence electrons. The monoisotopic (exact) mass is 295 g/mol. The third kappa shape index (κ3) is 4.41. The van der Waals surface area contributed by atoms with Gasteiger partial charge in [0.25, 0.3) is 0 Å². The summed E-state index contributed by atoms with van der Waals surface area (Å²) in [7, 11) is 1.63. The van der Waals surface area contributed by atoms with Crippen LogP contribution in [-0.4, -0.2) is 44.2 Å². The van der Waals surface area contributed by atoms with Gasteiger partial charge in [-0.3, -0.25) is 0 Å². The van der Waals surface area contributed by atoms with Gasteiger partial charge >= 0.3 is 0 Å². The van der Waals surface area contributed by atoms with E-state index in [4.69, 9.17) is 19.9 Å². The molecule has 3 atom stereocenters. The van der Waals surface area contributed by atoms with E-state index in [1.54, 1.807) is 7.11 Å². The van der Waals surface area contributed by atoms with E-state index < -0.39 is 6.10 Å². The molecule has 0 radical (unpaired) electrons. The number of aliphatic hydroxyl groups excluding tert-OH is 1. The maximum absolute atomic E-state index is 9.91. The number of ether oxygens (including phenoxy) is 3. The van der Waals surface area contributed by atoms with Crippen molar-refractivity contribution in [2.45, 2.75) is 38.0 Å². The topological polar surface area (TPSA) is 73.9 Å². The highest BCUT2D eigenvalue weighted by atomic mass is 16.5. The molecule has 1 aliphatic carbocycles. The molecule has 0 bridgehead atoms. The van der Waals surface area contributed by atoms with E-state index in [0.717, 1.165) is 24.2 Å². The third-order valence-electron chi connectivity index (χ3n) is 3.68. The minimum absolute atomic E-state index is 0.0383. The Kier molecular flexibility index (Phi) is 5.99. The maximum Gasteiger partial charge on any atom is 0.122 e. The Morgan fingerprint density at radius 2 is 2.14 bits per heavy atom. The van der Waals surface area contributed by atoms with Crippen LogP contribution in [-0.2, 0) is 15.9 Å². The Balaban J connectivity index is 1.81. The SMILES string of the molecule is COCC(C)OCC(O)COc1cccc2c1CCC2N. The maximum atomic E-state index is 9.91.